The smallest absolute Gasteiger partial charge is 0.373 e. The van der Waals surface area contributed by atoms with Crippen LogP contribution in [0.4, 0.5) is 0 Å². The van der Waals surface area contributed by atoms with Crippen LogP contribution in [0.1, 0.15) is 22.0 Å². The van der Waals surface area contributed by atoms with E-state index in [-0.39, 0.29) is 5.76 Å². The lowest BCUT2D eigenvalue weighted by Crippen LogP contribution is -1.98. The van der Waals surface area contributed by atoms with Gasteiger partial charge in [-0.05, 0) is 43.3 Å². The van der Waals surface area contributed by atoms with E-state index in [2.05, 4.69) is 14.9 Å². The van der Waals surface area contributed by atoms with Crippen molar-refractivity contribution < 1.29 is 18.7 Å². The summed E-state index contributed by atoms with van der Waals surface area (Å²) in [5.41, 5.74) is 2.62. The van der Waals surface area contributed by atoms with Crippen molar-refractivity contribution in [1.82, 2.24) is 15.2 Å². The maximum absolute atomic E-state index is 11.5. The normalized spacial score (nSPS) is 10.8. The Labute approximate surface area is 187 Å². The van der Waals surface area contributed by atoms with Crippen molar-refractivity contribution in [2.24, 2.45) is 0 Å². The topological polar surface area (TPSA) is 87.3 Å². The Kier molecular flexibility index (Phi) is 6.34. The molecule has 9 heteroatoms. The van der Waals surface area contributed by atoms with Gasteiger partial charge in [-0.25, -0.2) is 9.78 Å². The van der Waals surface area contributed by atoms with Crippen molar-refractivity contribution >= 4 is 29.1 Å². The Morgan fingerprint density at radius 3 is 2.68 bits per heavy atom. The van der Waals surface area contributed by atoms with Crippen LogP contribution in [0.2, 0.25) is 0 Å². The monoisotopic (exact) mass is 453 g/mol. The minimum absolute atomic E-state index is 0.186. The van der Waals surface area contributed by atoms with Crippen molar-refractivity contribution in [3.8, 4) is 26.9 Å². The summed E-state index contributed by atoms with van der Waals surface area (Å²) in [6, 6.07) is 15.0. The molecule has 0 unspecified atom stereocenters. The number of carbonyl (C=O) groups is 1. The SMILES string of the molecule is COC(=O)c1ccc(CSc2ccc(-c3sc(-c4ccccc4OC)nc3C)nn2)o1. The highest BCUT2D eigenvalue weighted by molar-refractivity contribution is 7.98. The molecule has 0 fully saturated rings. The van der Waals surface area contributed by atoms with Gasteiger partial charge in [-0.1, -0.05) is 23.9 Å². The fraction of sp³-hybridized carbons (Fsp3) is 0.182. The first-order chi connectivity index (χ1) is 15.1. The van der Waals surface area contributed by atoms with Gasteiger partial charge in [0.25, 0.3) is 0 Å². The van der Waals surface area contributed by atoms with Crippen molar-refractivity contribution in [3.05, 3.63) is 65.7 Å². The molecular formula is C22H19N3O4S2. The van der Waals surface area contributed by atoms with Crippen molar-refractivity contribution in [2.75, 3.05) is 14.2 Å². The van der Waals surface area contributed by atoms with E-state index in [1.54, 1.807) is 30.6 Å². The summed E-state index contributed by atoms with van der Waals surface area (Å²) in [6.45, 7) is 1.96. The second-order valence-corrected chi connectivity index (χ2v) is 8.43. The Hall–Kier alpha value is -3.17. The van der Waals surface area contributed by atoms with Crippen molar-refractivity contribution in [2.45, 2.75) is 17.7 Å². The molecule has 0 aliphatic rings. The second-order valence-electron chi connectivity index (χ2n) is 6.44. The summed E-state index contributed by atoms with van der Waals surface area (Å²) in [7, 11) is 2.97. The van der Waals surface area contributed by atoms with E-state index in [9.17, 15) is 4.79 Å². The van der Waals surface area contributed by atoms with Gasteiger partial charge in [-0.3, -0.25) is 0 Å². The zero-order valence-electron chi connectivity index (χ0n) is 17.1. The number of methoxy groups -OCH3 is 2. The first-order valence-electron chi connectivity index (χ1n) is 9.33. The Morgan fingerprint density at radius 2 is 1.94 bits per heavy atom. The minimum atomic E-state index is -0.493. The Balaban J connectivity index is 1.48. The van der Waals surface area contributed by atoms with Crippen LogP contribution in [-0.2, 0) is 10.5 Å². The van der Waals surface area contributed by atoms with E-state index < -0.39 is 5.97 Å². The molecule has 31 heavy (non-hydrogen) atoms. The van der Waals surface area contributed by atoms with E-state index in [1.807, 2.05) is 43.3 Å². The molecule has 4 aromatic rings. The molecule has 7 nitrogen and oxygen atoms in total. The van der Waals surface area contributed by atoms with Crippen LogP contribution < -0.4 is 4.74 Å². The first kappa shape index (κ1) is 21.1. The summed E-state index contributed by atoms with van der Waals surface area (Å²) < 4.78 is 15.6. The zero-order valence-corrected chi connectivity index (χ0v) is 18.8. The second kappa shape index (κ2) is 9.32. The van der Waals surface area contributed by atoms with Gasteiger partial charge in [0, 0.05) is 0 Å². The van der Waals surface area contributed by atoms with Gasteiger partial charge in [0.2, 0.25) is 5.76 Å². The van der Waals surface area contributed by atoms with E-state index in [4.69, 9.17) is 14.1 Å². The number of hydrogen-bond acceptors (Lipinski definition) is 9. The standard InChI is InChI=1S/C22H19N3O4S2/c1-13-20(31-21(23-13)15-6-4-5-7-17(15)27-2)16-9-11-19(25-24-16)30-12-14-8-10-18(29-14)22(26)28-3/h4-11H,12H2,1-3H3. The molecule has 158 valence electrons. The molecule has 4 rings (SSSR count). The number of nitrogens with zero attached hydrogens (tertiary/aromatic N) is 3. The van der Waals surface area contributed by atoms with Gasteiger partial charge < -0.3 is 13.9 Å². The van der Waals surface area contributed by atoms with Crippen LogP contribution in [-0.4, -0.2) is 35.4 Å². The number of aromatic nitrogens is 3. The molecule has 0 N–H and O–H groups in total. The molecule has 0 saturated carbocycles. The number of thiazole rings is 1. The van der Waals surface area contributed by atoms with Crippen LogP contribution in [0.15, 0.2) is 58.0 Å². The number of ether oxygens (including phenoxy) is 2. The van der Waals surface area contributed by atoms with Crippen molar-refractivity contribution in [3.63, 3.8) is 0 Å². The maximum Gasteiger partial charge on any atom is 0.373 e. The summed E-state index contributed by atoms with van der Waals surface area (Å²) in [6.07, 6.45) is 0. The fourth-order valence-electron chi connectivity index (χ4n) is 2.90. The molecule has 0 spiro atoms. The molecule has 0 saturated heterocycles. The van der Waals surface area contributed by atoms with E-state index >= 15 is 0 Å². The molecule has 3 aromatic heterocycles. The van der Waals surface area contributed by atoms with E-state index in [0.29, 0.717) is 11.5 Å². The summed E-state index contributed by atoms with van der Waals surface area (Å²) in [5, 5.41) is 10.3. The number of benzene rings is 1. The number of aryl methyl sites for hydroxylation is 1. The van der Waals surface area contributed by atoms with Gasteiger partial charge in [0.05, 0.1) is 36.1 Å². The summed E-state index contributed by atoms with van der Waals surface area (Å²) in [4.78, 5) is 17.1. The Morgan fingerprint density at radius 1 is 1.10 bits per heavy atom. The number of rotatable bonds is 7. The number of esters is 1. The third kappa shape index (κ3) is 4.62. The fourth-order valence-corrected chi connectivity index (χ4v) is 4.67. The van der Waals surface area contributed by atoms with E-state index in [0.717, 1.165) is 37.6 Å². The van der Waals surface area contributed by atoms with Crippen molar-refractivity contribution in [1.29, 1.82) is 0 Å². The van der Waals surface area contributed by atoms with Gasteiger partial charge in [-0.2, -0.15) is 0 Å². The van der Waals surface area contributed by atoms with E-state index in [1.165, 1.54) is 18.9 Å². The molecule has 0 aliphatic carbocycles. The molecule has 0 bridgehead atoms. The number of carbonyl (C=O) groups excluding carboxylic acids is 1. The average molecular weight is 454 g/mol. The lowest BCUT2D eigenvalue weighted by Gasteiger charge is -2.04. The molecule has 0 atom stereocenters. The van der Waals surface area contributed by atoms with Gasteiger partial charge in [-0.15, -0.1) is 21.5 Å². The first-order valence-corrected chi connectivity index (χ1v) is 11.1. The predicted molar refractivity (Wildman–Crippen MR) is 119 cm³/mol. The van der Waals surface area contributed by atoms with Crippen LogP contribution in [0.3, 0.4) is 0 Å². The molecular weight excluding hydrogens is 434 g/mol. The molecule has 3 heterocycles. The summed E-state index contributed by atoms with van der Waals surface area (Å²) in [5.74, 6) is 1.67. The highest BCUT2D eigenvalue weighted by Crippen LogP contribution is 2.38. The number of hydrogen-bond donors (Lipinski definition) is 0. The van der Waals surface area contributed by atoms with Crippen LogP contribution in [0.25, 0.3) is 21.1 Å². The highest BCUT2D eigenvalue weighted by atomic mass is 32.2. The molecule has 1 aromatic carbocycles. The third-order valence-corrected chi connectivity index (χ3v) is 6.57. The largest absolute Gasteiger partial charge is 0.496 e. The minimum Gasteiger partial charge on any atom is -0.496 e. The molecule has 0 radical (unpaired) electrons. The van der Waals surface area contributed by atoms with Crippen LogP contribution in [0, 0.1) is 6.92 Å². The van der Waals surface area contributed by atoms with Crippen LogP contribution >= 0.6 is 23.1 Å². The predicted octanol–water partition coefficient (Wildman–Crippen LogP) is 5.26. The average Bonchev–Trinajstić information content (AvgIpc) is 3.44. The lowest BCUT2D eigenvalue weighted by molar-refractivity contribution is 0.0563. The number of para-hydroxylation sites is 1. The highest BCUT2D eigenvalue weighted by Gasteiger charge is 2.16. The molecule has 0 aliphatic heterocycles. The van der Waals surface area contributed by atoms with Gasteiger partial charge >= 0.3 is 5.97 Å². The summed E-state index contributed by atoms with van der Waals surface area (Å²) >= 11 is 3.03. The number of thioether (sulfide) groups is 1. The Bertz CT molecular complexity index is 1200. The molecule has 0 amide bonds. The number of furan rings is 1. The van der Waals surface area contributed by atoms with Crippen LogP contribution in [0.5, 0.6) is 5.75 Å². The third-order valence-electron chi connectivity index (χ3n) is 4.42. The van der Waals surface area contributed by atoms with Gasteiger partial charge in [0.15, 0.2) is 0 Å². The zero-order chi connectivity index (χ0) is 21.8. The van der Waals surface area contributed by atoms with Gasteiger partial charge in [0.1, 0.15) is 27.2 Å². The maximum atomic E-state index is 11.5. The lowest BCUT2D eigenvalue weighted by atomic mass is 10.2. The quantitative estimate of drug-likeness (QED) is 0.277.